The molecule has 3 heterocycles. The number of hydrogen-bond donors (Lipinski definition) is 0. The highest BCUT2D eigenvalue weighted by atomic mass is 16.1. The van der Waals surface area contributed by atoms with Crippen LogP contribution >= 0.6 is 0 Å². The number of nitriles is 1. The molecule has 1 aliphatic rings. The Morgan fingerprint density at radius 3 is 2.29 bits per heavy atom. The Morgan fingerprint density at radius 2 is 1.76 bits per heavy atom. The van der Waals surface area contributed by atoms with Crippen molar-refractivity contribution in [3.8, 4) is 6.07 Å². The SMILES string of the molecule is C=C/C(=C\C=C(C)C)C(C(/C=C\C(=C)C)=C/C)N1CCN(c2cc(=O)n(C)c3ccc(C#N)nc23)C(C)C1.CC.CC. The fourth-order valence-electron chi connectivity index (χ4n) is 4.90. The van der Waals surface area contributed by atoms with Gasteiger partial charge in [-0.05, 0) is 57.9 Å². The third kappa shape index (κ3) is 9.03. The Morgan fingerprint density at radius 1 is 1.10 bits per heavy atom. The van der Waals surface area contributed by atoms with Gasteiger partial charge in [0.1, 0.15) is 17.3 Å². The lowest BCUT2D eigenvalue weighted by atomic mass is 9.93. The topological polar surface area (TPSA) is 65.2 Å². The number of allylic oxidation sites excluding steroid dienone is 6. The summed E-state index contributed by atoms with van der Waals surface area (Å²) < 4.78 is 1.58. The number of aryl methyl sites for hydroxylation is 1. The second kappa shape index (κ2) is 17.8. The highest BCUT2D eigenvalue weighted by Crippen LogP contribution is 2.30. The highest BCUT2D eigenvalue weighted by Gasteiger charge is 2.32. The van der Waals surface area contributed by atoms with Gasteiger partial charge in [0.25, 0.3) is 5.56 Å². The van der Waals surface area contributed by atoms with E-state index in [2.05, 4.69) is 86.0 Å². The van der Waals surface area contributed by atoms with Crippen LogP contribution in [0.4, 0.5) is 5.69 Å². The molecule has 1 saturated heterocycles. The van der Waals surface area contributed by atoms with Crippen LogP contribution in [0, 0.1) is 11.3 Å². The van der Waals surface area contributed by atoms with Crippen molar-refractivity contribution in [2.24, 2.45) is 7.05 Å². The van der Waals surface area contributed by atoms with Crippen molar-refractivity contribution in [3.63, 3.8) is 0 Å². The van der Waals surface area contributed by atoms with E-state index >= 15 is 0 Å². The smallest absolute Gasteiger partial charge is 0.252 e. The summed E-state index contributed by atoms with van der Waals surface area (Å²) in [5.74, 6) is 0. The van der Waals surface area contributed by atoms with Gasteiger partial charge < -0.3 is 9.47 Å². The van der Waals surface area contributed by atoms with Gasteiger partial charge in [-0.3, -0.25) is 9.69 Å². The predicted molar refractivity (Wildman–Crippen MR) is 182 cm³/mol. The summed E-state index contributed by atoms with van der Waals surface area (Å²) in [6.07, 6.45) is 12.6. The van der Waals surface area contributed by atoms with Gasteiger partial charge in [-0.1, -0.05) is 88.5 Å². The lowest BCUT2D eigenvalue weighted by Crippen LogP contribution is -2.56. The van der Waals surface area contributed by atoms with Crippen LogP contribution in [-0.4, -0.2) is 46.2 Å². The third-order valence-electron chi connectivity index (χ3n) is 6.89. The molecule has 6 nitrogen and oxygen atoms in total. The van der Waals surface area contributed by atoms with Crippen LogP contribution in [0.15, 0.2) is 94.9 Å². The molecule has 6 heteroatoms. The zero-order chi connectivity index (χ0) is 32.0. The first kappa shape index (κ1) is 36.1. The molecule has 0 saturated carbocycles. The van der Waals surface area contributed by atoms with E-state index < -0.39 is 0 Å². The van der Waals surface area contributed by atoms with Gasteiger partial charge >= 0.3 is 0 Å². The Hall–Kier alpha value is -3.95. The normalized spacial score (nSPS) is 16.5. The van der Waals surface area contributed by atoms with E-state index in [-0.39, 0.29) is 17.6 Å². The minimum atomic E-state index is -0.0914. The molecule has 3 rings (SSSR count). The van der Waals surface area contributed by atoms with E-state index in [1.54, 1.807) is 29.8 Å². The number of fused-ring (bicyclic) bond motifs is 1. The van der Waals surface area contributed by atoms with Crippen molar-refractivity contribution in [3.05, 3.63) is 106 Å². The van der Waals surface area contributed by atoms with E-state index in [0.29, 0.717) is 17.8 Å². The molecule has 0 spiro atoms. The molecule has 0 amide bonds. The van der Waals surface area contributed by atoms with Crippen LogP contribution < -0.4 is 10.5 Å². The summed E-state index contributed by atoms with van der Waals surface area (Å²) in [6.45, 7) is 28.9. The molecule has 1 fully saturated rings. The minimum absolute atomic E-state index is 0.0250. The Balaban J connectivity index is 0.00000211. The maximum atomic E-state index is 12.8. The average Bonchev–Trinajstić information content (AvgIpc) is 3.00. The summed E-state index contributed by atoms with van der Waals surface area (Å²) in [7, 11) is 1.74. The van der Waals surface area contributed by atoms with Crippen molar-refractivity contribution in [1.29, 1.82) is 5.26 Å². The monoisotopic (exact) mass is 569 g/mol. The third-order valence-corrected chi connectivity index (χ3v) is 6.89. The number of aromatic nitrogens is 2. The fourth-order valence-corrected chi connectivity index (χ4v) is 4.90. The molecule has 0 radical (unpaired) electrons. The van der Waals surface area contributed by atoms with Crippen LogP contribution in [0.25, 0.3) is 11.0 Å². The summed E-state index contributed by atoms with van der Waals surface area (Å²) in [4.78, 5) is 22.1. The van der Waals surface area contributed by atoms with Gasteiger partial charge in [0.15, 0.2) is 0 Å². The molecule has 0 aromatic carbocycles. The first-order valence-corrected chi connectivity index (χ1v) is 15.0. The standard InChI is InChI=1S/C32H39N5O.2C2H6/c1-9-25(13-11-22(3)4)32(26(10-2)14-12-23(5)6)36-17-18-37(24(7)21-36)29-19-30(38)35(8)28-16-15-27(20-33)34-31(28)29;2*1-2/h9-16,19,24,32H,1,5,17-18,21H2,2-4,6-8H3;2*1-2H3/b14-12-,25-13+,26-10+;;. The molecule has 2 aromatic heterocycles. The largest absolute Gasteiger partial charge is 0.364 e. The maximum Gasteiger partial charge on any atom is 0.252 e. The maximum absolute atomic E-state index is 12.8. The van der Waals surface area contributed by atoms with Gasteiger partial charge in [0.2, 0.25) is 0 Å². The summed E-state index contributed by atoms with van der Waals surface area (Å²) in [5, 5.41) is 9.44. The van der Waals surface area contributed by atoms with Crippen molar-refractivity contribution >= 4 is 16.7 Å². The number of pyridine rings is 2. The second-order valence-corrected chi connectivity index (χ2v) is 10.1. The summed E-state index contributed by atoms with van der Waals surface area (Å²) in [5.41, 5.74) is 6.96. The first-order chi connectivity index (χ1) is 20.1. The molecule has 2 unspecified atom stereocenters. The zero-order valence-electron chi connectivity index (χ0n) is 27.5. The number of rotatable bonds is 8. The average molecular weight is 570 g/mol. The number of hydrogen-bond acceptors (Lipinski definition) is 5. The van der Waals surface area contributed by atoms with Gasteiger partial charge in [-0.2, -0.15) is 5.26 Å². The molecule has 0 N–H and O–H groups in total. The van der Waals surface area contributed by atoms with E-state index in [9.17, 15) is 10.1 Å². The Bertz CT molecular complexity index is 1440. The van der Waals surface area contributed by atoms with Crippen molar-refractivity contribution in [2.75, 3.05) is 24.5 Å². The Kier molecular flexibility index (Phi) is 15.3. The molecular formula is C36H51N5O. The lowest BCUT2D eigenvalue weighted by Gasteiger charge is -2.45. The van der Waals surface area contributed by atoms with Crippen molar-refractivity contribution in [1.82, 2.24) is 14.5 Å². The number of anilines is 1. The molecule has 0 aliphatic carbocycles. The first-order valence-electron chi connectivity index (χ1n) is 15.0. The molecule has 42 heavy (non-hydrogen) atoms. The number of nitrogens with zero attached hydrogens (tertiary/aromatic N) is 5. The molecule has 2 atom stereocenters. The quantitative estimate of drug-likeness (QED) is 0.302. The fraction of sp³-hybridized carbons (Fsp3) is 0.417. The summed E-state index contributed by atoms with van der Waals surface area (Å²) in [6, 6.07) is 7.37. The molecule has 1 aliphatic heterocycles. The lowest BCUT2D eigenvalue weighted by molar-refractivity contribution is 0.207. The van der Waals surface area contributed by atoms with E-state index in [1.165, 1.54) is 11.1 Å². The van der Waals surface area contributed by atoms with Crippen LogP contribution in [0.3, 0.4) is 0 Å². The van der Waals surface area contributed by atoms with Gasteiger partial charge in [0.05, 0.1) is 17.2 Å². The van der Waals surface area contributed by atoms with Crippen LogP contribution in [0.2, 0.25) is 0 Å². The Labute approximate surface area is 254 Å². The van der Waals surface area contributed by atoms with Crippen molar-refractivity contribution in [2.45, 2.75) is 74.4 Å². The molecular weight excluding hydrogens is 518 g/mol. The van der Waals surface area contributed by atoms with Gasteiger partial charge in [0, 0.05) is 38.8 Å². The summed E-state index contributed by atoms with van der Waals surface area (Å²) >= 11 is 0. The second-order valence-electron chi connectivity index (χ2n) is 10.1. The zero-order valence-corrected chi connectivity index (χ0v) is 27.5. The molecule has 2 aromatic rings. The number of piperazine rings is 1. The van der Waals surface area contributed by atoms with E-state index in [4.69, 9.17) is 0 Å². The predicted octanol–water partition coefficient (Wildman–Crippen LogP) is 7.89. The van der Waals surface area contributed by atoms with Gasteiger partial charge in [-0.15, -0.1) is 0 Å². The van der Waals surface area contributed by atoms with Crippen LogP contribution in [0.1, 0.15) is 68.0 Å². The molecule has 0 bridgehead atoms. The van der Waals surface area contributed by atoms with Crippen LogP contribution in [-0.2, 0) is 7.05 Å². The van der Waals surface area contributed by atoms with Gasteiger partial charge in [-0.25, -0.2) is 4.98 Å². The van der Waals surface area contributed by atoms with Crippen LogP contribution in [0.5, 0.6) is 0 Å². The minimum Gasteiger partial charge on any atom is -0.364 e. The molecule has 226 valence electrons. The van der Waals surface area contributed by atoms with Crippen molar-refractivity contribution < 1.29 is 0 Å². The van der Waals surface area contributed by atoms with E-state index in [1.807, 2.05) is 46.8 Å². The highest BCUT2D eigenvalue weighted by molar-refractivity contribution is 5.89. The van der Waals surface area contributed by atoms with E-state index in [0.717, 1.165) is 35.4 Å².